The van der Waals surface area contributed by atoms with Crippen LogP contribution >= 0.6 is 0 Å². The van der Waals surface area contributed by atoms with E-state index in [1.54, 1.807) is 12.4 Å². The van der Waals surface area contributed by atoms with Crippen molar-refractivity contribution < 1.29 is 0 Å². The summed E-state index contributed by atoms with van der Waals surface area (Å²) in [7, 11) is 0. The third kappa shape index (κ3) is 0.302. The van der Waals surface area contributed by atoms with Crippen LogP contribution in [0.3, 0.4) is 0 Å². The fourth-order valence-corrected chi connectivity index (χ4v) is 0.186. The Labute approximate surface area is 30.0 Å². The molecule has 0 fully saturated rings. The standard InChI is InChI=1S/C2H4N3/c1-2-4-5-3-1/h1-3,5H/q-1. The maximum atomic E-state index is 3.54. The van der Waals surface area contributed by atoms with Crippen LogP contribution in [0.4, 0.5) is 0 Å². The molecule has 0 radical (unpaired) electrons. The Kier molecular flexibility index (Phi) is 0.478. The van der Waals surface area contributed by atoms with Crippen LogP contribution in [-0.4, -0.2) is 0 Å². The van der Waals surface area contributed by atoms with E-state index in [2.05, 4.69) is 16.4 Å². The van der Waals surface area contributed by atoms with E-state index >= 15 is 0 Å². The molecular weight excluding hydrogens is 66.0 g/mol. The van der Waals surface area contributed by atoms with Crippen molar-refractivity contribution in [2.75, 3.05) is 0 Å². The maximum Gasteiger partial charge on any atom is -0.0100 e. The molecule has 1 aliphatic rings. The molecule has 3 heteroatoms. The molecule has 3 nitrogen and oxygen atoms in total. The molecule has 0 bridgehead atoms. The van der Waals surface area contributed by atoms with E-state index in [4.69, 9.17) is 0 Å². The van der Waals surface area contributed by atoms with Gasteiger partial charge in [-0.1, -0.05) is 0 Å². The number of hydrogen-bond acceptors (Lipinski definition) is 2. The van der Waals surface area contributed by atoms with Crippen molar-refractivity contribution in [1.29, 1.82) is 0 Å². The van der Waals surface area contributed by atoms with E-state index in [1.807, 2.05) is 0 Å². The Morgan fingerprint density at radius 2 is 2.60 bits per heavy atom. The molecule has 0 unspecified atom stereocenters. The average molecular weight is 70.1 g/mol. The number of rotatable bonds is 0. The van der Waals surface area contributed by atoms with Crippen LogP contribution in [0.5, 0.6) is 0 Å². The van der Waals surface area contributed by atoms with Gasteiger partial charge in [-0.05, 0) is 6.20 Å². The summed E-state index contributed by atoms with van der Waals surface area (Å²) in [6.45, 7) is 0. The van der Waals surface area contributed by atoms with Crippen LogP contribution in [0.2, 0.25) is 0 Å². The lowest BCUT2D eigenvalue weighted by Crippen LogP contribution is -2.14. The van der Waals surface area contributed by atoms with Gasteiger partial charge in [0.25, 0.3) is 0 Å². The number of nitrogens with one attached hydrogen (secondary N) is 2. The second kappa shape index (κ2) is 0.944. The number of hydrogen-bond donors (Lipinski definition) is 2. The Hall–Kier alpha value is -0.700. The lowest BCUT2D eigenvalue weighted by molar-refractivity contribution is 0.791. The average Bonchev–Trinajstić information content (AvgIpc) is 1.76. The topological polar surface area (TPSA) is 38.2 Å². The lowest BCUT2D eigenvalue weighted by atomic mass is 11.0. The van der Waals surface area contributed by atoms with Crippen LogP contribution in [0.25, 0.3) is 5.43 Å². The SMILES string of the molecule is C1=CNN[N-]1. The van der Waals surface area contributed by atoms with Gasteiger partial charge < -0.3 is 16.4 Å². The summed E-state index contributed by atoms with van der Waals surface area (Å²) < 4.78 is 0. The third-order valence-electron chi connectivity index (χ3n) is 0.362. The van der Waals surface area contributed by atoms with E-state index in [9.17, 15) is 0 Å². The van der Waals surface area contributed by atoms with Gasteiger partial charge in [0.15, 0.2) is 0 Å². The van der Waals surface area contributed by atoms with Crippen molar-refractivity contribution in [2.24, 2.45) is 0 Å². The minimum Gasteiger partial charge on any atom is -0.609 e. The first-order valence-corrected chi connectivity index (χ1v) is 1.35. The summed E-state index contributed by atoms with van der Waals surface area (Å²) in [5.41, 5.74) is 8.65. The van der Waals surface area contributed by atoms with Gasteiger partial charge in [0, 0.05) is 0 Å². The van der Waals surface area contributed by atoms with Crippen molar-refractivity contribution in [1.82, 2.24) is 11.0 Å². The first-order chi connectivity index (χ1) is 2.50. The molecule has 0 saturated carbocycles. The summed E-state index contributed by atoms with van der Waals surface area (Å²) in [6, 6.07) is 0. The van der Waals surface area contributed by atoms with Gasteiger partial charge in [0.05, 0.1) is 0 Å². The zero-order valence-corrected chi connectivity index (χ0v) is 2.60. The highest BCUT2D eigenvalue weighted by Crippen LogP contribution is 1.81. The molecule has 0 aliphatic carbocycles. The first-order valence-electron chi connectivity index (χ1n) is 1.35. The molecule has 1 aliphatic heterocycles. The molecule has 2 N–H and O–H groups in total. The largest absolute Gasteiger partial charge is 0.609 e. The second-order valence-electron chi connectivity index (χ2n) is 0.701. The Bertz CT molecular complexity index is 42.9. The summed E-state index contributed by atoms with van der Waals surface area (Å²) in [5.74, 6) is 0. The third-order valence-corrected chi connectivity index (χ3v) is 0.362. The number of hydrazine groups is 1. The van der Waals surface area contributed by atoms with Crippen LogP contribution in [0.1, 0.15) is 0 Å². The van der Waals surface area contributed by atoms with E-state index in [0.717, 1.165) is 0 Å². The maximum absolute atomic E-state index is 3.54. The highest BCUT2D eigenvalue weighted by molar-refractivity contribution is 4.99. The molecule has 1 rings (SSSR count). The van der Waals surface area contributed by atoms with Crippen LogP contribution in [0, 0.1) is 0 Å². The minimum atomic E-state index is 1.64. The van der Waals surface area contributed by atoms with Crippen LogP contribution in [0.15, 0.2) is 12.4 Å². The van der Waals surface area contributed by atoms with Gasteiger partial charge in [-0.3, -0.25) is 0 Å². The molecule has 0 aromatic carbocycles. The zero-order valence-electron chi connectivity index (χ0n) is 2.60. The Balaban J connectivity index is 2.32. The summed E-state index contributed by atoms with van der Waals surface area (Å²) in [5, 5.41) is 0. The molecule has 28 valence electrons. The zero-order chi connectivity index (χ0) is 3.54. The van der Waals surface area contributed by atoms with Gasteiger partial charge in [0.2, 0.25) is 0 Å². The molecule has 5 heavy (non-hydrogen) atoms. The molecule has 0 aromatic rings. The van der Waals surface area contributed by atoms with Gasteiger partial charge >= 0.3 is 0 Å². The van der Waals surface area contributed by atoms with Gasteiger partial charge in [-0.15, -0.1) is 6.20 Å². The van der Waals surface area contributed by atoms with Gasteiger partial charge in [-0.2, -0.15) is 0 Å². The second-order valence-corrected chi connectivity index (χ2v) is 0.701. The van der Waals surface area contributed by atoms with Crippen molar-refractivity contribution in [3.05, 3.63) is 17.8 Å². The number of nitrogens with zero attached hydrogens (tertiary/aromatic N) is 1. The molecule has 0 amide bonds. The highest BCUT2D eigenvalue weighted by atomic mass is 15.6. The first kappa shape index (κ1) is 2.53. The van der Waals surface area contributed by atoms with E-state index in [-0.39, 0.29) is 0 Å². The summed E-state index contributed by atoms with van der Waals surface area (Å²) in [4.78, 5) is 0. The summed E-state index contributed by atoms with van der Waals surface area (Å²) >= 11 is 0. The van der Waals surface area contributed by atoms with Gasteiger partial charge in [0.1, 0.15) is 0 Å². The molecule has 0 aromatic heterocycles. The molecule has 0 saturated heterocycles. The molecule has 1 heterocycles. The predicted octanol–water partition coefficient (Wildman–Crippen LogP) is -0.146. The van der Waals surface area contributed by atoms with Crippen molar-refractivity contribution >= 4 is 0 Å². The molecule has 0 atom stereocenters. The monoisotopic (exact) mass is 70.0 g/mol. The van der Waals surface area contributed by atoms with E-state index in [1.165, 1.54) is 0 Å². The minimum absolute atomic E-state index is 1.64. The highest BCUT2D eigenvalue weighted by Gasteiger charge is 1.61. The van der Waals surface area contributed by atoms with Crippen molar-refractivity contribution in [2.45, 2.75) is 0 Å². The van der Waals surface area contributed by atoms with E-state index in [0.29, 0.717) is 0 Å². The fraction of sp³-hybridized carbons (Fsp3) is 0. The smallest absolute Gasteiger partial charge is 0.0100 e. The van der Waals surface area contributed by atoms with Crippen LogP contribution in [-0.2, 0) is 0 Å². The normalized spacial score (nSPS) is 17.6. The summed E-state index contributed by atoms with van der Waals surface area (Å²) in [6.07, 6.45) is 3.35. The fourth-order valence-electron chi connectivity index (χ4n) is 0.186. The predicted molar refractivity (Wildman–Crippen MR) is 18.8 cm³/mol. The van der Waals surface area contributed by atoms with Crippen molar-refractivity contribution in [3.8, 4) is 0 Å². The lowest BCUT2D eigenvalue weighted by Gasteiger charge is -2.04. The van der Waals surface area contributed by atoms with Gasteiger partial charge in [-0.25, -0.2) is 0 Å². The Morgan fingerprint density at radius 1 is 1.60 bits per heavy atom. The quantitative estimate of drug-likeness (QED) is 0.416. The van der Waals surface area contributed by atoms with Crippen molar-refractivity contribution in [3.63, 3.8) is 0 Å². The van der Waals surface area contributed by atoms with E-state index < -0.39 is 0 Å². The molecular formula is C2H4N3-. The Morgan fingerprint density at radius 3 is 2.80 bits per heavy atom. The molecule has 0 spiro atoms. The van der Waals surface area contributed by atoms with Crippen LogP contribution < -0.4 is 11.0 Å².